The van der Waals surface area contributed by atoms with Crippen LogP contribution >= 0.6 is 0 Å². The Morgan fingerprint density at radius 3 is 1.26 bits per heavy atom. The largest absolute Gasteiger partial charge is 0.478 e. The normalized spacial score (nSPS) is 10.5. The average molecular weight is 350 g/mol. The molecule has 130 valence electrons. The average Bonchev–Trinajstić information content (AvgIpc) is 2.74. The maximum absolute atomic E-state index is 12.2. The summed E-state index contributed by atoms with van der Waals surface area (Å²) in [5.74, 6) is -0.924. The molecule has 0 unspecified atom stereocenters. The molecule has 0 spiro atoms. The Morgan fingerprint density at radius 2 is 0.889 bits per heavy atom. The van der Waals surface area contributed by atoms with Crippen molar-refractivity contribution in [2.75, 3.05) is 0 Å². The van der Waals surface area contributed by atoms with Gasteiger partial charge in [0.15, 0.2) is 0 Å². The molecule has 0 aliphatic heterocycles. The predicted molar refractivity (Wildman–Crippen MR) is 110 cm³/mol. The molecule has 0 radical (unpaired) electrons. The maximum Gasteiger partial charge on any atom is 0.336 e. The molecule has 0 saturated heterocycles. The quantitative estimate of drug-likeness (QED) is 0.463. The van der Waals surface area contributed by atoms with Gasteiger partial charge in [0.05, 0.1) is 5.56 Å². The van der Waals surface area contributed by atoms with Crippen LogP contribution in [-0.2, 0) is 0 Å². The van der Waals surface area contributed by atoms with Gasteiger partial charge in [-0.2, -0.15) is 0 Å². The smallest absolute Gasteiger partial charge is 0.336 e. The molecule has 0 heterocycles. The molecule has 0 aliphatic carbocycles. The molecule has 0 amide bonds. The SMILES string of the molecule is O=C(O)c1c(-c2ccccc2)cc(-c2ccccc2)cc1-c1ccccc1. The van der Waals surface area contributed by atoms with Crippen molar-refractivity contribution in [1.82, 2.24) is 0 Å². The third kappa shape index (κ3) is 3.38. The van der Waals surface area contributed by atoms with E-state index in [2.05, 4.69) is 0 Å². The Labute approximate surface area is 158 Å². The molecular formula is C25H18O2. The monoisotopic (exact) mass is 350 g/mol. The summed E-state index contributed by atoms with van der Waals surface area (Å²) in [5.41, 5.74) is 5.62. The van der Waals surface area contributed by atoms with E-state index >= 15 is 0 Å². The maximum atomic E-state index is 12.2. The first-order valence-electron chi connectivity index (χ1n) is 8.81. The van der Waals surface area contributed by atoms with Gasteiger partial charge in [0.25, 0.3) is 0 Å². The Morgan fingerprint density at radius 1 is 0.519 bits per heavy atom. The fourth-order valence-corrected chi connectivity index (χ4v) is 3.36. The molecule has 0 aromatic heterocycles. The number of carboxylic acid groups (broad SMARTS) is 1. The molecule has 2 heteroatoms. The highest BCUT2D eigenvalue weighted by atomic mass is 16.4. The number of benzene rings is 4. The molecule has 27 heavy (non-hydrogen) atoms. The van der Waals surface area contributed by atoms with E-state index in [1.54, 1.807) is 0 Å². The molecule has 0 aliphatic rings. The van der Waals surface area contributed by atoms with Gasteiger partial charge in [-0.15, -0.1) is 0 Å². The van der Waals surface area contributed by atoms with Crippen molar-refractivity contribution in [1.29, 1.82) is 0 Å². The molecule has 4 rings (SSSR count). The number of rotatable bonds is 4. The molecule has 4 aromatic carbocycles. The van der Waals surface area contributed by atoms with Gasteiger partial charge in [0, 0.05) is 0 Å². The number of carbonyl (C=O) groups is 1. The van der Waals surface area contributed by atoms with Gasteiger partial charge >= 0.3 is 5.97 Å². The summed E-state index contributed by atoms with van der Waals surface area (Å²) in [7, 11) is 0. The van der Waals surface area contributed by atoms with Crippen LogP contribution in [0, 0.1) is 0 Å². The predicted octanol–water partition coefficient (Wildman–Crippen LogP) is 6.39. The second kappa shape index (κ2) is 7.30. The van der Waals surface area contributed by atoms with E-state index < -0.39 is 5.97 Å². The van der Waals surface area contributed by atoms with Gasteiger partial charge in [-0.05, 0) is 45.5 Å². The van der Waals surface area contributed by atoms with Crippen LogP contribution in [0.4, 0.5) is 0 Å². The summed E-state index contributed by atoms with van der Waals surface area (Å²) in [6.45, 7) is 0. The van der Waals surface area contributed by atoms with E-state index in [-0.39, 0.29) is 0 Å². The highest BCUT2D eigenvalue weighted by Gasteiger charge is 2.20. The van der Waals surface area contributed by atoms with Crippen LogP contribution in [0.25, 0.3) is 33.4 Å². The molecule has 2 nitrogen and oxygen atoms in total. The molecular weight excluding hydrogens is 332 g/mol. The van der Waals surface area contributed by atoms with Crippen molar-refractivity contribution in [3.8, 4) is 33.4 Å². The van der Waals surface area contributed by atoms with Crippen molar-refractivity contribution in [2.24, 2.45) is 0 Å². The lowest BCUT2D eigenvalue weighted by molar-refractivity contribution is 0.0698. The summed E-state index contributed by atoms with van der Waals surface area (Å²) < 4.78 is 0. The van der Waals surface area contributed by atoms with Crippen molar-refractivity contribution in [3.05, 3.63) is 109 Å². The van der Waals surface area contributed by atoms with Gasteiger partial charge in [0.1, 0.15) is 0 Å². The first-order valence-corrected chi connectivity index (χ1v) is 8.81. The third-order valence-corrected chi connectivity index (χ3v) is 4.63. The van der Waals surface area contributed by atoms with Crippen molar-refractivity contribution in [3.63, 3.8) is 0 Å². The highest BCUT2D eigenvalue weighted by molar-refractivity contribution is 6.04. The summed E-state index contributed by atoms with van der Waals surface area (Å²) in [5, 5.41) is 10.0. The second-order valence-corrected chi connectivity index (χ2v) is 6.35. The lowest BCUT2D eigenvalue weighted by Gasteiger charge is -2.16. The zero-order chi connectivity index (χ0) is 18.6. The zero-order valence-electron chi connectivity index (χ0n) is 14.7. The van der Waals surface area contributed by atoms with Crippen LogP contribution in [0.15, 0.2) is 103 Å². The van der Waals surface area contributed by atoms with Gasteiger partial charge < -0.3 is 5.11 Å². The Kier molecular flexibility index (Phi) is 4.54. The van der Waals surface area contributed by atoms with Crippen molar-refractivity contribution < 1.29 is 9.90 Å². The third-order valence-electron chi connectivity index (χ3n) is 4.63. The number of aromatic carboxylic acids is 1. The van der Waals surface area contributed by atoms with Crippen LogP contribution in [-0.4, -0.2) is 11.1 Å². The molecule has 0 bridgehead atoms. The van der Waals surface area contributed by atoms with Gasteiger partial charge in [0.2, 0.25) is 0 Å². The number of hydrogen-bond donors (Lipinski definition) is 1. The Balaban J connectivity index is 2.06. The minimum absolute atomic E-state index is 0.326. The minimum Gasteiger partial charge on any atom is -0.478 e. The summed E-state index contributed by atoms with van der Waals surface area (Å²) in [6.07, 6.45) is 0. The summed E-state index contributed by atoms with van der Waals surface area (Å²) in [6, 6.07) is 33.4. The van der Waals surface area contributed by atoms with Crippen LogP contribution < -0.4 is 0 Å². The lowest BCUT2D eigenvalue weighted by Crippen LogP contribution is -2.04. The topological polar surface area (TPSA) is 37.3 Å². The van der Waals surface area contributed by atoms with Crippen molar-refractivity contribution in [2.45, 2.75) is 0 Å². The Hall–Kier alpha value is -3.65. The number of hydrogen-bond acceptors (Lipinski definition) is 1. The van der Waals surface area contributed by atoms with Gasteiger partial charge in [-0.3, -0.25) is 0 Å². The zero-order valence-corrected chi connectivity index (χ0v) is 14.7. The summed E-state index contributed by atoms with van der Waals surface area (Å²) >= 11 is 0. The number of carboxylic acids is 1. The van der Waals surface area contributed by atoms with Gasteiger partial charge in [-0.25, -0.2) is 4.79 Å². The summed E-state index contributed by atoms with van der Waals surface area (Å²) in [4.78, 5) is 12.2. The lowest BCUT2D eigenvalue weighted by atomic mass is 9.88. The Bertz CT molecular complexity index is 1010. The van der Waals surface area contributed by atoms with E-state index in [0.717, 1.165) is 33.4 Å². The van der Waals surface area contributed by atoms with Crippen molar-refractivity contribution >= 4 is 5.97 Å². The van der Waals surface area contributed by atoms with E-state index in [9.17, 15) is 9.90 Å². The second-order valence-electron chi connectivity index (χ2n) is 6.35. The van der Waals surface area contributed by atoms with E-state index in [1.807, 2.05) is 103 Å². The van der Waals surface area contributed by atoms with Crippen LogP contribution in [0.2, 0.25) is 0 Å². The van der Waals surface area contributed by atoms with Crippen LogP contribution in [0.1, 0.15) is 10.4 Å². The molecule has 4 aromatic rings. The van der Waals surface area contributed by atoms with E-state index in [4.69, 9.17) is 0 Å². The fraction of sp³-hybridized carbons (Fsp3) is 0. The van der Waals surface area contributed by atoms with E-state index in [1.165, 1.54) is 0 Å². The standard InChI is InChI=1S/C25H18O2/c26-25(27)24-22(19-12-6-2-7-13-19)16-21(18-10-4-1-5-11-18)17-23(24)20-14-8-3-9-15-20/h1-17H,(H,26,27). The fourth-order valence-electron chi connectivity index (χ4n) is 3.36. The molecule has 0 fully saturated rings. The van der Waals surface area contributed by atoms with Gasteiger partial charge in [-0.1, -0.05) is 91.0 Å². The molecule has 0 saturated carbocycles. The highest BCUT2D eigenvalue weighted by Crippen LogP contribution is 2.37. The van der Waals surface area contributed by atoms with Crippen LogP contribution in [0.3, 0.4) is 0 Å². The molecule has 0 atom stereocenters. The van der Waals surface area contributed by atoms with E-state index in [0.29, 0.717) is 5.56 Å². The minimum atomic E-state index is -0.924. The first-order chi connectivity index (χ1) is 13.2. The first kappa shape index (κ1) is 16.8. The van der Waals surface area contributed by atoms with Crippen LogP contribution in [0.5, 0.6) is 0 Å². The molecule has 1 N–H and O–H groups in total.